The minimum absolute atomic E-state index is 0.0893. The fraction of sp³-hybridized carbons (Fsp3) is 0.615. The Hall–Kier alpha value is -2.07. The van der Waals surface area contributed by atoms with Crippen LogP contribution >= 0.6 is 0 Å². The van der Waals surface area contributed by atoms with Crippen molar-refractivity contribution in [2.45, 2.75) is 39.0 Å². The van der Waals surface area contributed by atoms with Crippen LogP contribution in [0, 0.1) is 11.3 Å². The van der Waals surface area contributed by atoms with Gasteiger partial charge >= 0.3 is 5.97 Å². The SMILES string of the molecule is CC1CN(C(=O)/C(C#N)=C\NC(C)C(=O)O)CC(C)O1. The van der Waals surface area contributed by atoms with Gasteiger partial charge < -0.3 is 20.1 Å². The number of nitriles is 1. The lowest BCUT2D eigenvalue weighted by Gasteiger charge is -2.35. The van der Waals surface area contributed by atoms with Gasteiger partial charge in [-0.05, 0) is 20.8 Å². The van der Waals surface area contributed by atoms with Gasteiger partial charge in [0.2, 0.25) is 0 Å². The average Bonchev–Trinajstić information content (AvgIpc) is 2.37. The molecule has 2 N–H and O–H groups in total. The zero-order valence-electron chi connectivity index (χ0n) is 11.8. The Morgan fingerprint density at radius 3 is 2.45 bits per heavy atom. The lowest BCUT2D eigenvalue weighted by molar-refractivity contribution is -0.139. The Balaban J connectivity index is 2.74. The third kappa shape index (κ3) is 4.24. The van der Waals surface area contributed by atoms with Gasteiger partial charge in [-0.2, -0.15) is 5.26 Å². The number of morpholine rings is 1. The second-order valence-corrected chi connectivity index (χ2v) is 4.86. The molecule has 1 aliphatic heterocycles. The monoisotopic (exact) mass is 281 g/mol. The fourth-order valence-corrected chi connectivity index (χ4v) is 1.94. The lowest BCUT2D eigenvalue weighted by Crippen LogP contribution is -2.48. The molecule has 0 aromatic carbocycles. The van der Waals surface area contributed by atoms with Gasteiger partial charge in [0.1, 0.15) is 17.7 Å². The van der Waals surface area contributed by atoms with Crippen LogP contribution in [0.15, 0.2) is 11.8 Å². The highest BCUT2D eigenvalue weighted by atomic mass is 16.5. The van der Waals surface area contributed by atoms with Crippen molar-refractivity contribution in [2.75, 3.05) is 13.1 Å². The summed E-state index contributed by atoms with van der Waals surface area (Å²) in [7, 11) is 0. The zero-order chi connectivity index (χ0) is 15.3. The van der Waals surface area contributed by atoms with Crippen molar-refractivity contribution in [3.05, 3.63) is 11.8 Å². The van der Waals surface area contributed by atoms with E-state index in [0.717, 1.165) is 6.20 Å². The molecule has 0 aliphatic carbocycles. The van der Waals surface area contributed by atoms with Gasteiger partial charge in [-0.25, -0.2) is 0 Å². The van der Waals surface area contributed by atoms with Crippen molar-refractivity contribution in [2.24, 2.45) is 0 Å². The minimum Gasteiger partial charge on any atom is -0.480 e. The van der Waals surface area contributed by atoms with Crippen LogP contribution in [0.3, 0.4) is 0 Å². The number of ether oxygens (including phenoxy) is 1. The molecule has 0 aromatic heterocycles. The van der Waals surface area contributed by atoms with E-state index in [1.807, 2.05) is 13.8 Å². The van der Waals surface area contributed by atoms with Crippen molar-refractivity contribution < 1.29 is 19.4 Å². The van der Waals surface area contributed by atoms with Crippen LogP contribution in [0.1, 0.15) is 20.8 Å². The number of carboxylic acids is 1. The summed E-state index contributed by atoms with van der Waals surface area (Å²) < 4.78 is 5.52. The molecule has 1 heterocycles. The second-order valence-electron chi connectivity index (χ2n) is 4.86. The first-order chi connectivity index (χ1) is 9.35. The standard InChI is InChI=1S/C13H19N3O4/c1-8-6-16(7-9(2)20-8)12(17)11(4-14)5-15-10(3)13(18)19/h5,8-10,15H,6-7H2,1-3H3,(H,18,19)/b11-5-. The zero-order valence-corrected chi connectivity index (χ0v) is 11.8. The molecule has 1 fully saturated rings. The summed E-state index contributed by atoms with van der Waals surface area (Å²) in [5, 5.41) is 20.3. The van der Waals surface area contributed by atoms with Crippen molar-refractivity contribution in [1.82, 2.24) is 10.2 Å². The predicted molar refractivity (Wildman–Crippen MR) is 70.5 cm³/mol. The number of carbonyl (C=O) groups excluding carboxylic acids is 1. The lowest BCUT2D eigenvalue weighted by atomic mass is 10.2. The molecule has 1 aliphatic rings. The van der Waals surface area contributed by atoms with Crippen LogP contribution in [-0.2, 0) is 14.3 Å². The molecule has 20 heavy (non-hydrogen) atoms. The first kappa shape index (κ1) is 16.0. The Kier molecular flexibility index (Phi) is 5.53. The van der Waals surface area contributed by atoms with Crippen molar-refractivity contribution in [3.8, 4) is 6.07 Å². The maximum absolute atomic E-state index is 12.2. The largest absolute Gasteiger partial charge is 0.480 e. The van der Waals surface area contributed by atoms with Gasteiger partial charge in [-0.3, -0.25) is 9.59 Å². The van der Waals surface area contributed by atoms with Crippen LogP contribution in [0.4, 0.5) is 0 Å². The van der Waals surface area contributed by atoms with E-state index in [4.69, 9.17) is 15.1 Å². The molecule has 0 aromatic rings. The van der Waals surface area contributed by atoms with Gasteiger partial charge in [0.25, 0.3) is 5.91 Å². The highest BCUT2D eigenvalue weighted by Crippen LogP contribution is 2.13. The van der Waals surface area contributed by atoms with E-state index in [0.29, 0.717) is 13.1 Å². The Labute approximate surface area is 117 Å². The van der Waals surface area contributed by atoms with E-state index >= 15 is 0 Å². The molecule has 3 atom stereocenters. The molecule has 3 unspecified atom stereocenters. The molecular weight excluding hydrogens is 262 g/mol. The van der Waals surface area contributed by atoms with Gasteiger partial charge in [-0.1, -0.05) is 0 Å². The summed E-state index contributed by atoms with van der Waals surface area (Å²) in [4.78, 5) is 24.4. The quantitative estimate of drug-likeness (QED) is 0.559. The van der Waals surface area contributed by atoms with E-state index in [9.17, 15) is 9.59 Å². The molecule has 1 saturated heterocycles. The molecule has 0 bridgehead atoms. The van der Waals surface area contributed by atoms with Crippen LogP contribution in [0.25, 0.3) is 0 Å². The van der Waals surface area contributed by atoms with E-state index in [-0.39, 0.29) is 17.8 Å². The number of rotatable bonds is 4. The van der Waals surface area contributed by atoms with Crippen molar-refractivity contribution >= 4 is 11.9 Å². The first-order valence-electron chi connectivity index (χ1n) is 6.39. The number of amides is 1. The number of hydrogen-bond acceptors (Lipinski definition) is 5. The van der Waals surface area contributed by atoms with E-state index in [1.165, 1.54) is 6.92 Å². The smallest absolute Gasteiger partial charge is 0.325 e. The molecule has 0 radical (unpaired) electrons. The fourth-order valence-electron chi connectivity index (χ4n) is 1.94. The number of aliphatic carboxylic acids is 1. The predicted octanol–water partition coefficient (Wildman–Crippen LogP) is 0.0924. The summed E-state index contributed by atoms with van der Waals surface area (Å²) in [6.45, 7) is 5.97. The van der Waals surface area contributed by atoms with E-state index in [1.54, 1.807) is 11.0 Å². The van der Waals surface area contributed by atoms with Gasteiger partial charge in [0.05, 0.1) is 12.2 Å². The summed E-state index contributed by atoms with van der Waals surface area (Å²) in [5.41, 5.74) is -0.112. The van der Waals surface area contributed by atoms with Gasteiger partial charge in [0, 0.05) is 19.3 Å². The van der Waals surface area contributed by atoms with Crippen LogP contribution in [-0.4, -0.2) is 53.2 Å². The molecule has 1 amide bonds. The number of carbonyl (C=O) groups is 2. The Morgan fingerprint density at radius 2 is 2.00 bits per heavy atom. The maximum atomic E-state index is 12.2. The molecule has 7 nitrogen and oxygen atoms in total. The van der Waals surface area contributed by atoms with Crippen LogP contribution in [0.2, 0.25) is 0 Å². The highest BCUT2D eigenvalue weighted by molar-refractivity contribution is 5.97. The third-order valence-corrected chi connectivity index (χ3v) is 2.91. The first-order valence-corrected chi connectivity index (χ1v) is 6.39. The van der Waals surface area contributed by atoms with Crippen LogP contribution in [0.5, 0.6) is 0 Å². The maximum Gasteiger partial charge on any atom is 0.325 e. The number of nitrogens with zero attached hydrogens (tertiary/aromatic N) is 2. The molecule has 0 spiro atoms. The molecule has 7 heteroatoms. The van der Waals surface area contributed by atoms with Crippen LogP contribution < -0.4 is 5.32 Å². The number of carboxylic acid groups (broad SMARTS) is 1. The second kappa shape index (κ2) is 6.91. The highest BCUT2D eigenvalue weighted by Gasteiger charge is 2.27. The minimum atomic E-state index is -1.06. The topological polar surface area (TPSA) is 103 Å². The summed E-state index contributed by atoms with van der Waals surface area (Å²) in [6, 6.07) is 0.930. The summed E-state index contributed by atoms with van der Waals surface area (Å²) >= 11 is 0. The summed E-state index contributed by atoms with van der Waals surface area (Å²) in [5.74, 6) is -1.47. The molecular formula is C13H19N3O4. The average molecular weight is 281 g/mol. The van der Waals surface area contributed by atoms with E-state index < -0.39 is 17.9 Å². The Morgan fingerprint density at radius 1 is 1.45 bits per heavy atom. The molecule has 1 rings (SSSR count). The number of hydrogen-bond donors (Lipinski definition) is 2. The van der Waals surface area contributed by atoms with Crippen molar-refractivity contribution in [1.29, 1.82) is 5.26 Å². The summed E-state index contributed by atoms with van der Waals surface area (Å²) in [6.07, 6.45) is 0.980. The molecule has 110 valence electrons. The normalized spacial score (nSPS) is 24.7. The molecule has 0 saturated carbocycles. The van der Waals surface area contributed by atoms with Crippen molar-refractivity contribution in [3.63, 3.8) is 0 Å². The third-order valence-electron chi connectivity index (χ3n) is 2.91. The van der Waals surface area contributed by atoms with E-state index in [2.05, 4.69) is 5.32 Å². The number of nitrogens with one attached hydrogen (secondary N) is 1. The Bertz CT molecular complexity index is 445. The van der Waals surface area contributed by atoms with Gasteiger partial charge in [-0.15, -0.1) is 0 Å². The van der Waals surface area contributed by atoms with Gasteiger partial charge in [0.15, 0.2) is 0 Å².